The molecule has 134 valence electrons. The van der Waals surface area contributed by atoms with Gasteiger partial charge in [-0.15, -0.1) is 0 Å². The number of ether oxygens (including phenoxy) is 2. The standard InChI is InChI=1S/C19H25N3O3/c1-14(2)7-10-25-18-8-9-24-13-16(18)21-19(23)12-22-17-6-4-3-5-15(17)11-20-22/h3-7,11,16,18H,8-10,12-13H2,1-2H3,(H,21,23)/t16-,18+/m0/s1. The van der Waals surface area contributed by atoms with E-state index < -0.39 is 0 Å². The zero-order valence-electron chi connectivity index (χ0n) is 14.8. The van der Waals surface area contributed by atoms with Gasteiger partial charge in [0.15, 0.2) is 0 Å². The van der Waals surface area contributed by atoms with Crippen molar-refractivity contribution < 1.29 is 14.3 Å². The molecule has 0 unspecified atom stereocenters. The third-order valence-corrected chi connectivity index (χ3v) is 4.29. The number of para-hydroxylation sites is 1. The maximum atomic E-state index is 12.5. The Morgan fingerprint density at radius 2 is 2.28 bits per heavy atom. The first-order chi connectivity index (χ1) is 12.1. The monoisotopic (exact) mass is 343 g/mol. The van der Waals surface area contributed by atoms with Gasteiger partial charge in [0.2, 0.25) is 5.91 Å². The summed E-state index contributed by atoms with van der Waals surface area (Å²) in [6.07, 6.45) is 4.58. The highest BCUT2D eigenvalue weighted by atomic mass is 16.5. The van der Waals surface area contributed by atoms with E-state index in [0.717, 1.165) is 17.3 Å². The number of carbonyl (C=O) groups excluding carboxylic acids is 1. The van der Waals surface area contributed by atoms with Crippen LogP contribution in [-0.2, 0) is 20.8 Å². The zero-order chi connectivity index (χ0) is 17.6. The zero-order valence-corrected chi connectivity index (χ0v) is 14.8. The van der Waals surface area contributed by atoms with Crippen LogP contribution in [0.5, 0.6) is 0 Å². The maximum absolute atomic E-state index is 12.5. The second-order valence-electron chi connectivity index (χ2n) is 6.55. The highest BCUT2D eigenvalue weighted by Gasteiger charge is 2.27. The summed E-state index contributed by atoms with van der Waals surface area (Å²) in [6, 6.07) is 7.72. The van der Waals surface area contributed by atoms with Gasteiger partial charge in [0, 0.05) is 12.0 Å². The van der Waals surface area contributed by atoms with Gasteiger partial charge < -0.3 is 14.8 Å². The molecule has 25 heavy (non-hydrogen) atoms. The van der Waals surface area contributed by atoms with E-state index in [4.69, 9.17) is 9.47 Å². The molecule has 2 atom stereocenters. The summed E-state index contributed by atoms with van der Waals surface area (Å²) in [4.78, 5) is 12.5. The van der Waals surface area contributed by atoms with Crippen LogP contribution >= 0.6 is 0 Å². The quantitative estimate of drug-likeness (QED) is 0.818. The Labute approximate surface area is 147 Å². The van der Waals surface area contributed by atoms with Crippen molar-refractivity contribution in [2.24, 2.45) is 0 Å². The molecule has 1 aliphatic heterocycles. The van der Waals surface area contributed by atoms with Crippen LogP contribution in [-0.4, -0.2) is 47.7 Å². The SMILES string of the molecule is CC(C)=CCO[C@@H]1CCOC[C@@H]1NC(=O)Cn1ncc2ccccc21. The number of benzene rings is 1. The van der Waals surface area contributed by atoms with Crippen LogP contribution in [0.1, 0.15) is 20.3 Å². The average Bonchev–Trinajstić information content (AvgIpc) is 2.99. The van der Waals surface area contributed by atoms with E-state index in [-0.39, 0.29) is 24.6 Å². The number of allylic oxidation sites excluding steroid dienone is 1. The summed E-state index contributed by atoms with van der Waals surface area (Å²) in [6.45, 7) is 5.97. The molecule has 1 aliphatic rings. The topological polar surface area (TPSA) is 65.4 Å². The molecule has 1 aromatic carbocycles. The molecule has 1 saturated heterocycles. The van der Waals surface area contributed by atoms with E-state index in [0.29, 0.717) is 19.8 Å². The van der Waals surface area contributed by atoms with Crippen molar-refractivity contribution in [1.82, 2.24) is 15.1 Å². The molecule has 1 N–H and O–H groups in total. The predicted molar refractivity (Wildman–Crippen MR) is 96.3 cm³/mol. The molecule has 0 radical (unpaired) electrons. The maximum Gasteiger partial charge on any atom is 0.242 e. The second kappa shape index (κ2) is 8.27. The molecule has 0 saturated carbocycles. The normalized spacial score (nSPS) is 20.4. The molecule has 2 aromatic rings. The summed E-state index contributed by atoms with van der Waals surface area (Å²) in [5.74, 6) is -0.0832. The Morgan fingerprint density at radius 1 is 1.44 bits per heavy atom. The Bertz CT molecular complexity index is 749. The Kier molecular flexibility index (Phi) is 5.83. The van der Waals surface area contributed by atoms with E-state index >= 15 is 0 Å². The summed E-state index contributed by atoms with van der Waals surface area (Å²) in [7, 11) is 0. The van der Waals surface area contributed by atoms with Gasteiger partial charge >= 0.3 is 0 Å². The van der Waals surface area contributed by atoms with Crippen LogP contribution < -0.4 is 5.32 Å². The number of carbonyl (C=O) groups is 1. The lowest BCUT2D eigenvalue weighted by Gasteiger charge is -2.31. The highest BCUT2D eigenvalue weighted by Crippen LogP contribution is 2.14. The highest BCUT2D eigenvalue weighted by molar-refractivity contribution is 5.82. The van der Waals surface area contributed by atoms with E-state index in [9.17, 15) is 4.79 Å². The van der Waals surface area contributed by atoms with Crippen LogP contribution in [0.25, 0.3) is 10.9 Å². The molecule has 3 rings (SSSR count). The number of aromatic nitrogens is 2. The van der Waals surface area contributed by atoms with Gasteiger partial charge in [0.25, 0.3) is 0 Å². The average molecular weight is 343 g/mol. The minimum Gasteiger partial charge on any atom is -0.379 e. The lowest BCUT2D eigenvalue weighted by Crippen LogP contribution is -2.51. The molecular weight excluding hydrogens is 318 g/mol. The van der Waals surface area contributed by atoms with Crippen molar-refractivity contribution in [3.05, 3.63) is 42.1 Å². The molecule has 2 heterocycles. The van der Waals surface area contributed by atoms with Gasteiger partial charge in [-0.1, -0.05) is 29.8 Å². The first-order valence-electron chi connectivity index (χ1n) is 8.66. The Morgan fingerprint density at radius 3 is 3.12 bits per heavy atom. The molecule has 0 spiro atoms. The third-order valence-electron chi connectivity index (χ3n) is 4.29. The lowest BCUT2D eigenvalue weighted by atomic mass is 10.1. The second-order valence-corrected chi connectivity index (χ2v) is 6.55. The van der Waals surface area contributed by atoms with Crippen molar-refractivity contribution in [3.63, 3.8) is 0 Å². The van der Waals surface area contributed by atoms with E-state index in [2.05, 4.69) is 10.4 Å². The number of fused-ring (bicyclic) bond motifs is 1. The summed E-state index contributed by atoms with van der Waals surface area (Å²) < 4.78 is 13.1. The van der Waals surface area contributed by atoms with E-state index in [1.54, 1.807) is 10.9 Å². The van der Waals surface area contributed by atoms with Gasteiger partial charge in [-0.3, -0.25) is 9.48 Å². The van der Waals surface area contributed by atoms with Gasteiger partial charge in [-0.2, -0.15) is 5.10 Å². The van der Waals surface area contributed by atoms with Crippen LogP contribution in [0.3, 0.4) is 0 Å². The van der Waals surface area contributed by atoms with Gasteiger partial charge in [-0.25, -0.2) is 0 Å². The number of rotatable bonds is 6. The number of hydrogen-bond acceptors (Lipinski definition) is 4. The minimum atomic E-state index is -0.131. The molecule has 1 amide bonds. The molecule has 1 aromatic heterocycles. The largest absolute Gasteiger partial charge is 0.379 e. The van der Waals surface area contributed by atoms with Crippen LogP contribution in [0.2, 0.25) is 0 Å². The van der Waals surface area contributed by atoms with Gasteiger partial charge in [-0.05, 0) is 26.3 Å². The third kappa shape index (κ3) is 4.67. The molecular formula is C19H25N3O3. The molecule has 6 heteroatoms. The summed E-state index contributed by atoms with van der Waals surface area (Å²) >= 11 is 0. The van der Waals surface area contributed by atoms with E-state index in [1.165, 1.54) is 5.57 Å². The number of amides is 1. The van der Waals surface area contributed by atoms with Crippen molar-refractivity contribution in [2.75, 3.05) is 19.8 Å². The van der Waals surface area contributed by atoms with Crippen LogP contribution in [0, 0.1) is 0 Å². The molecule has 0 aliphatic carbocycles. The van der Waals surface area contributed by atoms with Crippen molar-refractivity contribution in [3.8, 4) is 0 Å². The molecule has 0 bridgehead atoms. The van der Waals surface area contributed by atoms with Crippen molar-refractivity contribution >= 4 is 16.8 Å². The lowest BCUT2D eigenvalue weighted by molar-refractivity contribution is -0.126. The minimum absolute atomic E-state index is 0.0253. The first-order valence-corrected chi connectivity index (χ1v) is 8.66. The number of nitrogens with one attached hydrogen (secondary N) is 1. The smallest absolute Gasteiger partial charge is 0.242 e. The van der Waals surface area contributed by atoms with Gasteiger partial charge in [0.1, 0.15) is 6.54 Å². The van der Waals surface area contributed by atoms with Crippen LogP contribution in [0.15, 0.2) is 42.1 Å². The number of nitrogens with zero attached hydrogens (tertiary/aromatic N) is 2. The van der Waals surface area contributed by atoms with Crippen molar-refractivity contribution in [1.29, 1.82) is 0 Å². The van der Waals surface area contributed by atoms with Crippen molar-refractivity contribution in [2.45, 2.75) is 39.0 Å². The molecule has 6 nitrogen and oxygen atoms in total. The fraction of sp³-hybridized carbons (Fsp3) is 0.474. The Balaban J connectivity index is 1.59. The summed E-state index contributed by atoms with van der Waals surface area (Å²) in [5.41, 5.74) is 2.17. The fourth-order valence-electron chi connectivity index (χ4n) is 2.93. The predicted octanol–water partition coefficient (Wildman–Crippen LogP) is 2.29. The fourth-order valence-corrected chi connectivity index (χ4v) is 2.93. The molecule has 1 fully saturated rings. The summed E-state index contributed by atoms with van der Waals surface area (Å²) in [5, 5.41) is 8.37. The van der Waals surface area contributed by atoms with Crippen LogP contribution in [0.4, 0.5) is 0 Å². The van der Waals surface area contributed by atoms with E-state index in [1.807, 2.05) is 44.2 Å². The Hall–Kier alpha value is -2.18. The number of hydrogen-bond donors (Lipinski definition) is 1. The first kappa shape index (κ1) is 17.6. The van der Waals surface area contributed by atoms with Gasteiger partial charge in [0.05, 0.1) is 37.1 Å².